The molecule has 0 radical (unpaired) electrons. The summed E-state index contributed by atoms with van der Waals surface area (Å²) in [5.41, 5.74) is 4.42. The van der Waals surface area contributed by atoms with Gasteiger partial charge in [0.25, 0.3) is 0 Å². The van der Waals surface area contributed by atoms with Gasteiger partial charge in [-0.2, -0.15) is 5.10 Å². The first-order valence-corrected chi connectivity index (χ1v) is 6.41. The summed E-state index contributed by atoms with van der Waals surface area (Å²) in [5.74, 6) is 0.677. The maximum absolute atomic E-state index is 11.6. The highest BCUT2D eigenvalue weighted by Gasteiger charge is 2.14. The fraction of sp³-hybridized carbons (Fsp3) is 0.429. The first-order valence-electron chi connectivity index (χ1n) is 6.41. The summed E-state index contributed by atoms with van der Waals surface area (Å²) in [6.45, 7) is 2.22. The second-order valence-corrected chi connectivity index (χ2v) is 4.81. The van der Waals surface area contributed by atoms with Crippen LogP contribution < -0.4 is 10.7 Å². The third-order valence-electron chi connectivity index (χ3n) is 3.09. The molecule has 1 saturated carbocycles. The lowest BCUT2D eigenvalue weighted by Gasteiger charge is -2.18. The number of benzene rings is 1. The van der Waals surface area contributed by atoms with Crippen LogP contribution in [0.1, 0.15) is 32.6 Å². The van der Waals surface area contributed by atoms with Crippen molar-refractivity contribution in [3.05, 3.63) is 30.3 Å². The maximum atomic E-state index is 11.6. The van der Waals surface area contributed by atoms with Crippen molar-refractivity contribution in [3.8, 4) is 0 Å². The molecule has 0 bridgehead atoms. The first-order chi connectivity index (χ1) is 8.74. The number of hydrazone groups is 1. The maximum Gasteiger partial charge on any atom is 0.339 e. The SMILES string of the molecule is C[C@H]1CCC/C(=N\NC(=O)Nc2ccccc2)C1. The zero-order valence-corrected chi connectivity index (χ0v) is 10.6. The third kappa shape index (κ3) is 3.87. The van der Waals surface area contributed by atoms with E-state index in [-0.39, 0.29) is 6.03 Å². The van der Waals surface area contributed by atoms with E-state index in [1.54, 1.807) is 0 Å². The quantitative estimate of drug-likeness (QED) is 0.771. The largest absolute Gasteiger partial charge is 0.339 e. The van der Waals surface area contributed by atoms with Crippen LogP contribution in [-0.4, -0.2) is 11.7 Å². The number of nitrogens with one attached hydrogen (secondary N) is 2. The minimum absolute atomic E-state index is 0.285. The molecule has 0 spiro atoms. The molecule has 1 atom stereocenters. The Balaban J connectivity index is 1.83. The van der Waals surface area contributed by atoms with E-state index in [0.717, 1.165) is 24.2 Å². The van der Waals surface area contributed by atoms with E-state index in [1.165, 1.54) is 12.8 Å². The van der Waals surface area contributed by atoms with Crippen LogP contribution in [0.15, 0.2) is 35.4 Å². The Morgan fingerprint density at radius 2 is 2.11 bits per heavy atom. The molecule has 0 unspecified atom stereocenters. The Morgan fingerprint density at radius 3 is 2.83 bits per heavy atom. The number of amides is 2. The van der Waals surface area contributed by atoms with Crippen molar-refractivity contribution in [2.24, 2.45) is 11.0 Å². The number of urea groups is 1. The highest BCUT2D eigenvalue weighted by molar-refractivity contribution is 5.91. The van der Waals surface area contributed by atoms with Crippen molar-refractivity contribution < 1.29 is 4.79 Å². The smallest absolute Gasteiger partial charge is 0.307 e. The zero-order valence-electron chi connectivity index (χ0n) is 10.6. The molecule has 2 N–H and O–H groups in total. The Kier molecular flexibility index (Phi) is 4.34. The molecule has 0 aliphatic heterocycles. The summed E-state index contributed by atoms with van der Waals surface area (Å²) >= 11 is 0. The predicted molar refractivity (Wildman–Crippen MR) is 73.7 cm³/mol. The summed E-state index contributed by atoms with van der Waals surface area (Å²) in [4.78, 5) is 11.6. The molecule has 1 fully saturated rings. The lowest BCUT2D eigenvalue weighted by Crippen LogP contribution is -2.26. The Morgan fingerprint density at radius 1 is 1.33 bits per heavy atom. The summed E-state index contributed by atoms with van der Waals surface area (Å²) < 4.78 is 0. The summed E-state index contributed by atoms with van der Waals surface area (Å²) in [7, 11) is 0. The number of hydrogen-bond acceptors (Lipinski definition) is 2. The molecule has 0 aromatic heterocycles. The van der Waals surface area contributed by atoms with Crippen LogP contribution in [0.4, 0.5) is 10.5 Å². The second-order valence-electron chi connectivity index (χ2n) is 4.81. The van der Waals surface area contributed by atoms with E-state index in [2.05, 4.69) is 22.8 Å². The number of para-hydroxylation sites is 1. The molecular formula is C14H19N3O. The van der Waals surface area contributed by atoms with E-state index in [4.69, 9.17) is 0 Å². The fourth-order valence-electron chi connectivity index (χ4n) is 2.17. The molecule has 4 nitrogen and oxygen atoms in total. The average Bonchev–Trinajstić information content (AvgIpc) is 2.38. The standard InChI is InChI=1S/C14H19N3O/c1-11-6-5-9-13(10-11)16-17-14(18)15-12-7-3-2-4-8-12/h2-4,7-8,11H,5-6,9-10H2,1H3,(H2,15,17,18)/b16-13+/t11-/m0/s1. The van der Waals surface area contributed by atoms with Crippen molar-refractivity contribution in [1.29, 1.82) is 0 Å². The molecule has 18 heavy (non-hydrogen) atoms. The van der Waals surface area contributed by atoms with Crippen LogP contribution in [0, 0.1) is 5.92 Å². The van der Waals surface area contributed by atoms with Gasteiger partial charge in [-0.25, -0.2) is 10.2 Å². The van der Waals surface area contributed by atoms with Crippen LogP contribution in [-0.2, 0) is 0 Å². The number of carbonyl (C=O) groups excluding carboxylic acids is 1. The molecule has 1 aliphatic rings. The van der Waals surface area contributed by atoms with Crippen molar-refractivity contribution in [2.45, 2.75) is 32.6 Å². The lowest BCUT2D eigenvalue weighted by atomic mass is 9.89. The van der Waals surface area contributed by atoms with Crippen molar-refractivity contribution in [2.75, 3.05) is 5.32 Å². The number of anilines is 1. The first kappa shape index (κ1) is 12.6. The molecule has 1 aliphatic carbocycles. The van der Waals surface area contributed by atoms with E-state index in [0.29, 0.717) is 5.92 Å². The number of hydrogen-bond donors (Lipinski definition) is 2. The van der Waals surface area contributed by atoms with Gasteiger partial charge in [0.15, 0.2) is 0 Å². The highest BCUT2D eigenvalue weighted by atomic mass is 16.2. The average molecular weight is 245 g/mol. The van der Waals surface area contributed by atoms with Crippen LogP contribution >= 0.6 is 0 Å². The van der Waals surface area contributed by atoms with Crippen LogP contribution in [0.3, 0.4) is 0 Å². The van der Waals surface area contributed by atoms with Crippen molar-refractivity contribution in [1.82, 2.24) is 5.43 Å². The monoisotopic (exact) mass is 245 g/mol. The number of carbonyl (C=O) groups is 1. The van der Waals surface area contributed by atoms with Crippen LogP contribution in [0.25, 0.3) is 0 Å². The predicted octanol–water partition coefficient (Wildman–Crippen LogP) is 3.37. The molecule has 2 rings (SSSR count). The molecule has 1 aromatic rings. The van der Waals surface area contributed by atoms with Gasteiger partial charge in [0.2, 0.25) is 0 Å². The van der Waals surface area contributed by atoms with Crippen molar-refractivity contribution in [3.63, 3.8) is 0 Å². The van der Waals surface area contributed by atoms with Gasteiger partial charge in [0, 0.05) is 11.4 Å². The van der Waals surface area contributed by atoms with E-state index < -0.39 is 0 Å². The molecule has 1 aromatic carbocycles. The fourth-order valence-corrected chi connectivity index (χ4v) is 2.17. The minimum atomic E-state index is -0.285. The van der Waals surface area contributed by atoms with Gasteiger partial charge >= 0.3 is 6.03 Å². The summed E-state index contributed by atoms with van der Waals surface area (Å²) in [6.07, 6.45) is 4.42. The Hall–Kier alpha value is -1.84. The molecule has 2 amide bonds. The van der Waals surface area contributed by atoms with Gasteiger partial charge in [-0.05, 0) is 43.7 Å². The third-order valence-corrected chi connectivity index (χ3v) is 3.09. The summed E-state index contributed by atoms with van der Waals surface area (Å²) in [5, 5.41) is 6.92. The van der Waals surface area contributed by atoms with Gasteiger partial charge in [0.05, 0.1) is 0 Å². The molecule has 4 heteroatoms. The second kappa shape index (κ2) is 6.19. The van der Waals surface area contributed by atoms with Gasteiger partial charge in [-0.1, -0.05) is 25.1 Å². The van der Waals surface area contributed by atoms with Crippen LogP contribution in [0.2, 0.25) is 0 Å². The normalized spacial score (nSPS) is 21.6. The summed E-state index contributed by atoms with van der Waals surface area (Å²) in [6, 6.07) is 9.07. The van der Waals surface area contributed by atoms with Crippen LogP contribution in [0.5, 0.6) is 0 Å². The zero-order chi connectivity index (χ0) is 12.8. The Bertz CT molecular complexity index is 428. The van der Waals surface area contributed by atoms with E-state index in [9.17, 15) is 4.79 Å². The molecule has 96 valence electrons. The van der Waals surface area contributed by atoms with Gasteiger partial charge in [-0.3, -0.25) is 0 Å². The topological polar surface area (TPSA) is 53.5 Å². The minimum Gasteiger partial charge on any atom is -0.307 e. The van der Waals surface area contributed by atoms with E-state index in [1.807, 2.05) is 30.3 Å². The molecular weight excluding hydrogens is 226 g/mol. The molecule has 0 heterocycles. The van der Waals surface area contributed by atoms with Gasteiger partial charge < -0.3 is 5.32 Å². The van der Waals surface area contributed by atoms with Gasteiger partial charge in [-0.15, -0.1) is 0 Å². The highest BCUT2D eigenvalue weighted by Crippen LogP contribution is 2.20. The van der Waals surface area contributed by atoms with Crippen molar-refractivity contribution >= 4 is 17.4 Å². The Labute approximate surface area is 107 Å². The lowest BCUT2D eigenvalue weighted by molar-refractivity contribution is 0.252. The number of nitrogens with zero attached hydrogens (tertiary/aromatic N) is 1. The van der Waals surface area contributed by atoms with Gasteiger partial charge in [0.1, 0.15) is 0 Å². The molecule has 0 saturated heterocycles. The van der Waals surface area contributed by atoms with E-state index >= 15 is 0 Å². The number of rotatable bonds is 2.